The summed E-state index contributed by atoms with van der Waals surface area (Å²) in [6.45, 7) is 0. The average Bonchev–Trinajstić information content (AvgIpc) is 2.09. The molecule has 0 spiro atoms. The van der Waals surface area contributed by atoms with Gasteiger partial charge in [0.25, 0.3) is 0 Å². The summed E-state index contributed by atoms with van der Waals surface area (Å²) >= 11 is 1.40. The molecule has 0 aliphatic rings. The lowest BCUT2D eigenvalue weighted by Crippen LogP contribution is -2.14. The zero-order chi connectivity index (χ0) is 9.68. The van der Waals surface area contributed by atoms with Gasteiger partial charge >= 0.3 is 0 Å². The summed E-state index contributed by atoms with van der Waals surface area (Å²) in [5, 5.41) is 2.48. The van der Waals surface area contributed by atoms with Crippen LogP contribution in [0.25, 0.3) is 0 Å². The molecular weight excluding hydrogens is 189 g/mol. The van der Waals surface area contributed by atoms with Gasteiger partial charge in [-0.2, -0.15) is 11.8 Å². The molecule has 1 amide bonds. The molecular formula is C9H10FNOS. The van der Waals surface area contributed by atoms with E-state index < -0.39 is 5.82 Å². The second kappa shape index (κ2) is 4.87. The van der Waals surface area contributed by atoms with E-state index in [0.717, 1.165) is 0 Å². The SMILES string of the molecule is CSCC(=O)Nc1ccccc1F. The van der Waals surface area contributed by atoms with Crippen LogP contribution in [0.3, 0.4) is 0 Å². The molecule has 0 radical (unpaired) electrons. The Kier molecular flexibility index (Phi) is 3.76. The fraction of sp³-hybridized carbons (Fsp3) is 0.222. The molecule has 0 aromatic heterocycles. The molecule has 0 saturated carbocycles. The van der Waals surface area contributed by atoms with Crippen molar-refractivity contribution < 1.29 is 9.18 Å². The maximum atomic E-state index is 13.0. The van der Waals surface area contributed by atoms with Crippen LogP contribution in [0.1, 0.15) is 0 Å². The normalized spacial score (nSPS) is 9.69. The first-order valence-electron chi connectivity index (χ1n) is 3.77. The maximum absolute atomic E-state index is 13.0. The summed E-state index contributed by atoms with van der Waals surface area (Å²) in [6, 6.07) is 6.11. The molecule has 0 bridgehead atoms. The van der Waals surface area contributed by atoms with Crippen LogP contribution < -0.4 is 5.32 Å². The zero-order valence-electron chi connectivity index (χ0n) is 7.21. The number of hydrogen-bond donors (Lipinski definition) is 1. The standard InChI is InChI=1S/C9H10FNOS/c1-13-6-9(12)11-8-5-3-2-4-7(8)10/h2-5H,6H2,1H3,(H,11,12). The van der Waals surface area contributed by atoms with Crippen molar-refractivity contribution in [3.63, 3.8) is 0 Å². The molecule has 70 valence electrons. The molecule has 1 aromatic carbocycles. The molecule has 1 aromatic rings. The number of amides is 1. The van der Waals surface area contributed by atoms with E-state index in [0.29, 0.717) is 5.75 Å². The molecule has 4 heteroatoms. The number of para-hydroxylation sites is 1. The summed E-state index contributed by atoms with van der Waals surface area (Å²) in [5.41, 5.74) is 0.238. The van der Waals surface area contributed by atoms with Gasteiger partial charge in [0, 0.05) is 0 Å². The Morgan fingerprint density at radius 1 is 1.54 bits per heavy atom. The van der Waals surface area contributed by atoms with Gasteiger partial charge < -0.3 is 5.32 Å². The van der Waals surface area contributed by atoms with Crippen molar-refractivity contribution in [3.8, 4) is 0 Å². The number of benzene rings is 1. The lowest BCUT2D eigenvalue weighted by Gasteiger charge is -2.04. The number of thioether (sulfide) groups is 1. The summed E-state index contributed by atoms with van der Waals surface area (Å²) in [6.07, 6.45) is 1.82. The average molecular weight is 199 g/mol. The minimum Gasteiger partial charge on any atom is -0.323 e. The molecule has 0 heterocycles. The lowest BCUT2D eigenvalue weighted by molar-refractivity contribution is -0.113. The summed E-state index contributed by atoms with van der Waals surface area (Å²) in [7, 11) is 0. The third kappa shape index (κ3) is 3.06. The van der Waals surface area contributed by atoms with Crippen LogP contribution in [0.15, 0.2) is 24.3 Å². The van der Waals surface area contributed by atoms with Crippen molar-refractivity contribution >= 4 is 23.4 Å². The number of rotatable bonds is 3. The van der Waals surface area contributed by atoms with Crippen molar-refractivity contribution in [1.82, 2.24) is 0 Å². The van der Waals surface area contributed by atoms with E-state index in [1.54, 1.807) is 12.1 Å². The van der Waals surface area contributed by atoms with Crippen LogP contribution in [0.5, 0.6) is 0 Å². The Balaban J connectivity index is 2.63. The molecule has 2 nitrogen and oxygen atoms in total. The van der Waals surface area contributed by atoms with E-state index in [1.807, 2.05) is 6.26 Å². The second-order valence-corrected chi connectivity index (χ2v) is 3.33. The molecule has 0 aliphatic carbocycles. The first-order valence-corrected chi connectivity index (χ1v) is 5.16. The van der Waals surface area contributed by atoms with Crippen molar-refractivity contribution in [3.05, 3.63) is 30.1 Å². The van der Waals surface area contributed by atoms with E-state index >= 15 is 0 Å². The van der Waals surface area contributed by atoms with Gasteiger partial charge in [0.1, 0.15) is 5.82 Å². The van der Waals surface area contributed by atoms with Crippen LogP contribution in [0.2, 0.25) is 0 Å². The number of halogens is 1. The molecule has 0 unspecified atom stereocenters. The van der Waals surface area contributed by atoms with Crippen LogP contribution >= 0.6 is 11.8 Å². The zero-order valence-corrected chi connectivity index (χ0v) is 8.03. The largest absolute Gasteiger partial charge is 0.323 e. The predicted molar refractivity (Wildman–Crippen MR) is 53.4 cm³/mol. The molecule has 1 N–H and O–H groups in total. The monoisotopic (exact) mass is 199 g/mol. The highest BCUT2D eigenvalue weighted by Gasteiger charge is 2.04. The van der Waals surface area contributed by atoms with Gasteiger partial charge in [0.05, 0.1) is 11.4 Å². The second-order valence-electron chi connectivity index (χ2n) is 2.46. The highest BCUT2D eigenvalue weighted by Crippen LogP contribution is 2.12. The van der Waals surface area contributed by atoms with E-state index in [2.05, 4.69) is 5.32 Å². The van der Waals surface area contributed by atoms with Gasteiger partial charge in [-0.05, 0) is 18.4 Å². The number of hydrogen-bond acceptors (Lipinski definition) is 2. The Morgan fingerprint density at radius 3 is 2.85 bits per heavy atom. The Bertz CT molecular complexity index is 303. The quantitative estimate of drug-likeness (QED) is 0.808. The summed E-state index contributed by atoms with van der Waals surface area (Å²) < 4.78 is 13.0. The third-order valence-electron chi connectivity index (χ3n) is 1.42. The molecule has 0 atom stereocenters. The lowest BCUT2D eigenvalue weighted by atomic mass is 10.3. The van der Waals surface area contributed by atoms with Gasteiger partial charge in [0.2, 0.25) is 5.91 Å². The number of nitrogens with one attached hydrogen (secondary N) is 1. The van der Waals surface area contributed by atoms with E-state index in [1.165, 1.54) is 23.9 Å². The highest BCUT2D eigenvalue weighted by atomic mass is 32.2. The van der Waals surface area contributed by atoms with Crippen LogP contribution in [0.4, 0.5) is 10.1 Å². The van der Waals surface area contributed by atoms with Crippen molar-refractivity contribution in [2.75, 3.05) is 17.3 Å². The topological polar surface area (TPSA) is 29.1 Å². The number of anilines is 1. The van der Waals surface area contributed by atoms with E-state index in [-0.39, 0.29) is 11.6 Å². The Morgan fingerprint density at radius 2 is 2.23 bits per heavy atom. The maximum Gasteiger partial charge on any atom is 0.234 e. The van der Waals surface area contributed by atoms with Gasteiger partial charge in [-0.25, -0.2) is 4.39 Å². The minimum atomic E-state index is -0.406. The molecule has 0 aliphatic heterocycles. The summed E-state index contributed by atoms with van der Waals surface area (Å²) in [4.78, 5) is 11.1. The van der Waals surface area contributed by atoms with Crippen LogP contribution in [0, 0.1) is 5.82 Å². The molecule has 1 rings (SSSR count). The van der Waals surface area contributed by atoms with Gasteiger partial charge in [-0.1, -0.05) is 12.1 Å². The first kappa shape index (κ1) is 10.1. The van der Waals surface area contributed by atoms with Crippen LogP contribution in [-0.4, -0.2) is 17.9 Å². The first-order chi connectivity index (χ1) is 6.24. The molecule has 13 heavy (non-hydrogen) atoms. The Hall–Kier alpha value is -1.03. The van der Waals surface area contributed by atoms with Crippen molar-refractivity contribution in [1.29, 1.82) is 0 Å². The van der Waals surface area contributed by atoms with Gasteiger partial charge in [0.15, 0.2) is 0 Å². The fourth-order valence-corrected chi connectivity index (χ4v) is 1.21. The summed E-state index contributed by atoms with van der Waals surface area (Å²) in [5.74, 6) is -0.247. The van der Waals surface area contributed by atoms with E-state index in [4.69, 9.17) is 0 Å². The highest BCUT2D eigenvalue weighted by molar-refractivity contribution is 7.99. The number of carbonyl (C=O) groups is 1. The van der Waals surface area contributed by atoms with Crippen molar-refractivity contribution in [2.45, 2.75) is 0 Å². The number of carbonyl (C=O) groups excluding carboxylic acids is 1. The predicted octanol–water partition coefficient (Wildman–Crippen LogP) is 2.13. The molecule has 0 fully saturated rings. The third-order valence-corrected chi connectivity index (χ3v) is 1.97. The smallest absolute Gasteiger partial charge is 0.234 e. The van der Waals surface area contributed by atoms with Gasteiger partial charge in [-0.3, -0.25) is 4.79 Å². The van der Waals surface area contributed by atoms with E-state index in [9.17, 15) is 9.18 Å². The minimum absolute atomic E-state index is 0.183. The molecule has 0 saturated heterocycles. The van der Waals surface area contributed by atoms with Crippen molar-refractivity contribution in [2.24, 2.45) is 0 Å². The fourth-order valence-electron chi connectivity index (χ4n) is 0.880. The van der Waals surface area contributed by atoms with Gasteiger partial charge in [-0.15, -0.1) is 0 Å². The van der Waals surface area contributed by atoms with Crippen LogP contribution in [-0.2, 0) is 4.79 Å². The Labute approximate surface area is 80.5 Å².